The van der Waals surface area contributed by atoms with Crippen LogP contribution in [0, 0.1) is 0 Å². The van der Waals surface area contributed by atoms with Gasteiger partial charge < -0.3 is 5.32 Å². The standard InChI is InChI=1S/C27H53NO/c1-2-3-4-5-6-7-8-9-10-11-12-13-14-15-16-17-18-19-20-25-27(29)28-26-23-21-22-24-26/h26H,2-25H2,1H3,(H,28,29). The molecule has 2 nitrogen and oxygen atoms in total. The van der Waals surface area contributed by atoms with E-state index in [1.807, 2.05) is 0 Å². The lowest BCUT2D eigenvalue weighted by molar-refractivity contribution is -0.121. The Bertz CT molecular complexity index is 348. The summed E-state index contributed by atoms with van der Waals surface area (Å²) >= 11 is 0. The van der Waals surface area contributed by atoms with Crippen molar-refractivity contribution in [2.75, 3.05) is 0 Å². The van der Waals surface area contributed by atoms with E-state index in [2.05, 4.69) is 12.2 Å². The Balaban J connectivity index is 1.67. The highest BCUT2D eigenvalue weighted by Gasteiger charge is 2.16. The Morgan fingerprint density at radius 1 is 0.586 bits per heavy atom. The molecule has 172 valence electrons. The fourth-order valence-corrected chi connectivity index (χ4v) is 4.73. The molecule has 1 aliphatic rings. The Kier molecular flexibility index (Phi) is 18.9. The SMILES string of the molecule is CCCCCCCCCCCCCCCCCCCCCC(=O)NC1CCCC1. The second kappa shape index (κ2) is 20.7. The van der Waals surface area contributed by atoms with Gasteiger partial charge in [0.15, 0.2) is 0 Å². The molecule has 0 saturated heterocycles. The van der Waals surface area contributed by atoms with Gasteiger partial charge in [0.05, 0.1) is 0 Å². The smallest absolute Gasteiger partial charge is 0.220 e. The average molecular weight is 408 g/mol. The van der Waals surface area contributed by atoms with Crippen LogP contribution in [-0.2, 0) is 4.79 Å². The molecule has 0 bridgehead atoms. The van der Waals surface area contributed by atoms with Gasteiger partial charge in [-0.05, 0) is 19.3 Å². The molecule has 1 saturated carbocycles. The summed E-state index contributed by atoms with van der Waals surface area (Å²) in [6, 6.07) is 0.489. The molecule has 0 radical (unpaired) electrons. The molecule has 1 amide bonds. The number of rotatable bonds is 21. The van der Waals surface area contributed by atoms with Crippen LogP contribution in [0.5, 0.6) is 0 Å². The van der Waals surface area contributed by atoms with Crippen LogP contribution in [0.2, 0.25) is 0 Å². The second-order valence-corrected chi connectivity index (χ2v) is 9.66. The maximum absolute atomic E-state index is 11.9. The fourth-order valence-electron chi connectivity index (χ4n) is 4.73. The van der Waals surface area contributed by atoms with Crippen molar-refractivity contribution in [2.45, 2.75) is 167 Å². The molecule has 1 aliphatic carbocycles. The van der Waals surface area contributed by atoms with Gasteiger partial charge in [-0.2, -0.15) is 0 Å². The van der Waals surface area contributed by atoms with Crippen molar-refractivity contribution in [3.8, 4) is 0 Å². The third-order valence-corrected chi connectivity index (χ3v) is 6.73. The van der Waals surface area contributed by atoms with E-state index >= 15 is 0 Å². The molecular weight excluding hydrogens is 354 g/mol. The van der Waals surface area contributed by atoms with Gasteiger partial charge >= 0.3 is 0 Å². The first-order chi connectivity index (χ1) is 14.3. The molecule has 0 spiro atoms. The van der Waals surface area contributed by atoms with Crippen LogP contribution >= 0.6 is 0 Å². The first-order valence-corrected chi connectivity index (χ1v) is 13.6. The van der Waals surface area contributed by atoms with Gasteiger partial charge in [-0.15, -0.1) is 0 Å². The Morgan fingerprint density at radius 3 is 1.31 bits per heavy atom. The zero-order chi connectivity index (χ0) is 20.8. The van der Waals surface area contributed by atoms with E-state index in [0.29, 0.717) is 11.9 Å². The van der Waals surface area contributed by atoms with Gasteiger partial charge in [0.25, 0.3) is 0 Å². The number of carbonyl (C=O) groups is 1. The Labute approximate surface area is 183 Å². The van der Waals surface area contributed by atoms with Crippen molar-refractivity contribution < 1.29 is 4.79 Å². The van der Waals surface area contributed by atoms with Crippen molar-refractivity contribution in [3.05, 3.63) is 0 Å². The van der Waals surface area contributed by atoms with E-state index in [9.17, 15) is 4.79 Å². The summed E-state index contributed by atoms with van der Waals surface area (Å²) in [5, 5.41) is 3.20. The molecule has 0 aromatic carbocycles. The van der Waals surface area contributed by atoms with Gasteiger partial charge in [-0.3, -0.25) is 4.79 Å². The maximum Gasteiger partial charge on any atom is 0.220 e. The van der Waals surface area contributed by atoms with Gasteiger partial charge in [-0.1, -0.05) is 135 Å². The molecule has 0 aromatic heterocycles. The number of unbranched alkanes of at least 4 members (excludes halogenated alkanes) is 18. The molecule has 0 heterocycles. The van der Waals surface area contributed by atoms with Crippen LogP contribution in [-0.4, -0.2) is 11.9 Å². The van der Waals surface area contributed by atoms with E-state index in [0.717, 1.165) is 12.8 Å². The van der Waals surface area contributed by atoms with E-state index in [4.69, 9.17) is 0 Å². The first-order valence-electron chi connectivity index (χ1n) is 13.6. The summed E-state index contributed by atoms with van der Waals surface area (Å²) in [7, 11) is 0. The predicted molar refractivity (Wildman–Crippen MR) is 128 cm³/mol. The lowest BCUT2D eigenvalue weighted by Crippen LogP contribution is -2.32. The quantitative estimate of drug-likeness (QED) is 0.189. The molecule has 29 heavy (non-hydrogen) atoms. The lowest BCUT2D eigenvalue weighted by atomic mass is 10.0. The van der Waals surface area contributed by atoms with E-state index < -0.39 is 0 Å². The van der Waals surface area contributed by atoms with Crippen LogP contribution in [0.3, 0.4) is 0 Å². The first kappa shape index (κ1) is 26.5. The Morgan fingerprint density at radius 2 is 0.931 bits per heavy atom. The number of nitrogens with one attached hydrogen (secondary N) is 1. The predicted octanol–water partition coefficient (Wildman–Crippen LogP) is 8.87. The van der Waals surface area contributed by atoms with Crippen molar-refractivity contribution in [1.29, 1.82) is 0 Å². The lowest BCUT2D eigenvalue weighted by Gasteiger charge is -2.11. The van der Waals surface area contributed by atoms with Crippen molar-refractivity contribution in [1.82, 2.24) is 5.32 Å². The minimum absolute atomic E-state index is 0.295. The van der Waals surface area contributed by atoms with Crippen LogP contribution < -0.4 is 5.32 Å². The Hall–Kier alpha value is -0.530. The summed E-state index contributed by atoms with van der Waals surface area (Å²) in [4.78, 5) is 11.9. The van der Waals surface area contributed by atoms with E-state index in [1.54, 1.807) is 0 Å². The third-order valence-electron chi connectivity index (χ3n) is 6.73. The topological polar surface area (TPSA) is 29.1 Å². The normalized spacial score (nSPS) is 14.5. The van der Waals surface area contributed by atoms with Gasteiger partial charge in [-0.25, -0.2) is 0 Å². The van der Waals surface area contributed by atoms with Crippen molar-refractivity contribution in [2.24, 2.45) is 0 Å². The van der Waals surface area contributed by atoms with Crippen LogP contribution in [0.25, 0.3) is 0 Å². The third kappa shape index (κ3) is 18.0. The molecular formula is C27H53NO. The zero-order valence-electron chi connectivity index (χ0n) is 20.0. The summed E-state index contributed by atoms with van der Waals surface area (Å²) in [5.74, 6) is 0.295. The molecule has 1 fully saturated rings. The highest BCUT2D eigenvalue weighted by Crippen LogP contribution is 2.18. The summed E-state index contributed by atoms with van der Waals surface area (Å²) in [6.07, 6.45) is 32.4. The van der Waals surface area contributed by atoms with Crippen molar-refractivity contribution in [3.63, 3.8) is 0 Å². The number of carbonyl (C=O) groups excluding carboxylic acids is 1. The molecule has 2 heteroatoms. The van der Waals surface area contributed by atoms with Gasteiger partial charge in [0.2, 0.25) is 5.91 Å². The van der Waals surface area contributed by atoms with E-state index in [-0.39, 0.29) is 0 Å². The average Bonchev–Trinajstić information content (AvgIpc) is 3.22. The number of amides is 1. The molecule has 0 aliphatic heterocycles. The number of hydrogen-bond acceptors (Lipinski definition) is 1. The minimum atomic E-state index is 0.295. The molecule has 1 rings (SSSR count). The summed E-state index contributed by atoms with van der Waals surface area (Å²) in [6.45, 7) is 2.29. The van der Waals surface area contributed by atoms with Crippen molar-refractivity contribution >= 4 is 5.91 Å². The van der Waals surface area contributed by atoms with Gasteiger partial charge in [0.1, 0.15) is 0 Å². The zero-order valence-corrected chi connectivity index (χ0v) is 20.0. The minimum Gasteiger partial charge on any atom is -0.353 e. The fraction of sp³-hybridized carbons (Fsp3) is 0.963. The highest BCUT2D eigenvalue weighted by molar-refractivity contribution is 5.76. The largest absolute Gasteiger partial charge is 0.353 e. The molecule has 0 atom stereocenters. The summed E-state index contributed by atoms with van der Waals surface area (Å²) < 4.78 is 0. The number of hydrogen-bond donors (Lipinski definition) is 1. The second-order valence-electron chi connectivity index (χ2n) is 9.66. The monoisotopic (exact) mass is 407 g/mol. The maximum atomic E-state index is 11.9. The van der Waals surface area contributed by atoms with Gasteiger partial charge in [0, 0.05) is 12.5 Å². The molecule has 1 N–H and O–H groups in total. The molecule has 0 aromatic rings. The van der Waals surface area contributed by atoms with Crippen LogP contribution in [0.4, 0.5) is 0 Å². The van der Waals surface area contributed by atoms with E-state index in [1.165, 1.54) is 141 Å². The van der Waals surface area contributed by atoms with Crippen LogP contribution in [0.15, 0.2) is 0 Å². The highest BCUT2D eigenvalue weighted by atomic mass is 16.1. The molecule has 0 unspecified atom stereocenters. The van der Waals surface area contributed by atoms with Crippen LogP contribution in [0.1, 0.15) is 161 Å². The summed E-state index contributed by atoms with van der Waals surface area (Å²) in [5.41, 5.74) is 0.